The molecule has 0 bridgehead atoms. The van der Waals surface area contributed by atoms with Crippen LogP contribution in [0.25, 0.3) is 0 Å². The minimum absolute atomic E-state index is 0.0184. The average Bonchev–Trinajstić information content (AvgIpc) is 2.35. The van der Waals surface area contributed by atoms with Crippen molar-refractivity contribution in [1.82, 2.24) is 0 Å². The average molecular weight is 314 g/mol. The number of rotatable bonds is 6. The minimum Gasteiger partial charge on any atom is -0.369 e. The summed E-state index contributed by atoms with van der Waals surface area (Å²) in [6.45, 7) is 8.53. The zero-order valence-corrected chi connectivity index (χ0v) is 13.3. The Morgan fingerprint density at radius 1 is 1.22 bits per heavy atom. The van der Waals surface area contributed by atoms with Crippen LogP contribution in [0.2, 0.25) is 0 Å². The van der Waals surface area contributed by atoms with Crippen molar-refractivity contribution in [3.05, 3.63) is 34.3 Å². The molecule has 18 heavy (non-hydrogen) atoms. The van der Waals surface area contributed by atoms with Crippen LogP contribution in [0.15, 0.2) is 28.7 Å². The topological polar surface area (TPSA) is 35.2 Å². The number of benzene rings is 1. The molecule has 3 atom stereocenters. The number of hydrogen-bond acceptors (Lipinski definition) is 2. The van der Waals surface area contributed by atoms with Gasteiger partial charge in [-0.25, -0.2) is 0 Å². The highest BCUT2D eigenvalue weighted by Gasteiger charge is 2.24. The summed E-state index contributed by atoms with van der Waals surface area (Å²) in [5.41, 5.74) is 7.36. The Morgan fingerprint density at radius 3 is 2.33 bits per heavy atom. The number of hydrogen-bond donors (Lipinski definition) is 1. The molecule has 1 rings (SSSR count). The summed E-state index contributed by atoms with van der Waals surface area (Å²) in [7, 11) is 0. The molecule has 0 spiro atoms. The van der Waals surface area contributed by atoms with E-state index in [4.69, 9.17) is 10.5 Å². The van der Waals surface area contributed by atoms with E-state index >= 15 is 0 Å². The van der Waals surface area contributed by atoms with Gasteiger partial charge in [0.1, 0.15) is 0 Å². The molecule has 0 fully saturated rings. The molecule has 0 aromatic heterocycles. The van der Waals surface area contributed by atoms with Crippen molar-refractivity contribution in [2.24, 2.45) is 11.7 Å². The van der Waals surface area contributed by atoms with Gasteiger partial charge in [-0.1, -0.05) is 54.9 Å². The van der Waals surface area contributed by atoms with E-state index in [2.05, 4.69) is 49.7 Å². The Bertz CT molecular complexity index is 367. The predicted octanol–water partition coefficient (Wildman–Crippen LogP) is 4.29. The third-order valence-corrected chi connectivity index (χ3v) is 4.09. The van der Waals surface area contributed by atoms with Gasteiger partial charge in [0.2, 0.25) is 0 Å². The lowest BCUT2D eigenvalue weighted by Crippen LogP contribution is -2.33. The highest BCUT2D eigenvalue weighted by molar-refractivity contribution is 9.10. The van der Waals surface area contributed by atoms with E-state index < -0.39 is 0 Å². The summed E-state index contributed by atoms with van der Waals surface area (Å²) in [5, 5.41) is 0. The summed E-state index contributed by atoms with van der Waals surface area (Å²) >= 11 is 3.59. The smallest absolute Gasteiger partial charge is 0.0990 e. The molecule has 2 N–H and O–H groups in total. The molecule has 1 aromatic rings. The Balaban J connectivity index is 2.95. The number of nitrogens with two attached hydrogens (primary N) is 1. The van der Waals surface area contributed by atoms with Gasteiger partial charge in [0.05, 0.1) is 12.2 Å². The maximum Gasteiger partial charge on any atom is 0.0990 e. The summed E-state index contributed by atoms with van der Waals surface area (Å²) in [5.74, 6) is 0.485. The second kappa shape index (κ2) is 7.27. The van der Waals surface area contributed by atoms with Crippen LogP contribution in [0, 0.1) is 5.92 Å². The molecule has 102 valence electrons. The first-order valence-corrected chi connectivity index (χ1v) is 7.42. The maximum atomic E-state index is 6.22. The molecule has 3 unspecified atom stereocenters. The molecule has 0 aliphatic heterocycles. The standard InChI is InChI=1S/C15H24BrNO/c1-5-14(17)15(18-11(4)10(2)3)12-8-6-7-9-13(12)16/h6-11,14-15H,5,17H2,1-4H3. The molecular weight excluding hydrogens is 290 g/mol. The highest BCUT2D eigenvalue weighted by Crippen LogP contribution is 2.30. The van der Waals surface area contributed by atoms with Crippen LogP contribution in [0.4, 0.5) is 0 Å². The molecule has 0 amide bonds. The van der Waals surface area contributed by atoms with Gasteiger partial charge in [0.15, 0.2) is 0 Å². The van der Waals surface area contributed by atoms with Crippen LogP contribution >= 0.6 is 15.9 Å². The molecule has 0 heterocycles. The summed E-state index contributed by atoms with van der Waals surface area (Å²) in [6.07, 6.45) is 1.04. The van der Waals surface area contributed by atoms with E-state index in [-0.39, 0.29) is 18.2 Å². The molecular formula is C15H24BrNO. The van der Waals surface area contributed by atoms with Gasteiger partial charge in [-0.3, -0.25) is 0 Å². The quantitative estimate of drug-likeness (QED) is 0.850. The molecule has 3 heteroatoms. The van der Waals surface area contributed by atoms with Gasteiger partial charge in [0, 0.05) is 10.5 Å². The largest absolute Gasteiger partial charge is 0.369 e. The Kier molecular flexibility index (Phi) is 6.33. The lowest BCUT2D eigenvalue weighted by molar-refractivity contribution is -0.0398. The minimum atomic E-state index is -0.0528. The van der Waals surface area contributed by atoms with E-state index in [0.29, 0.717) is 5.92 Å². The Morgan fingerprint density at radius 2 is 1.83 bits per heavy atom. The molecule has 0 aliphatic rings. The van der Waals surface area contributed by atoms with Crippen LogP contribution in [0.5, 0.6) is 0 Å². The first-order chi connectivity index (χ1) is 8.47. The van der Waals surface area contributed by atoms with Crippen LogP contribution in [0.3, 0.4) is 0 Å². The van der Waals surface area contributed by atoms with Gasteiger partial charge < -0.3 is 10.5 Å². The molecule has 0 saturated carbocycles. The van der Waals surface area contributed by atoms with E-state index in [1.165, 1.54) is 0 Å². The van der Waals surface area contributed by atoms with Crippen molar-refractivity contribution in [2.75, 3.05) is 0 Å². The number of halogens is 1. The van der Waals surface area contributed by atoms with Crippen molar-refractivity contribution in [1.29, 1.82) is 0 Å². The first-order valence-electron chi connectivity index (χ1n) is 6.62. The normalized spacial score (nSPS) is 16.6. The SMILES string of the molecule is CCC(N)C(OC(C)C(C)C)c1ccccc1Br. The van der Waals surface area contributed by atoms with Gasteiger partial charge in [-0.05, 0) is 30.9 Å². The Hall–Kier alpha value is -0.380. The lowest BCUT2D eigenvalue weighted by atomic mass is 9.99. The monoisotopic (exact) mass is 313 g/mol. The van der Waals surface area contributed by atoms with Gasteiger partial charge in [-0.15, -0.1) is 0 Å². The van der Waals surface area contributed by atoms with Crippen molar-refractivity contribution in [3.63, 3.8) is 0 Å². The maximum absolute atomic E-state index is 6.22. The predicted molar refractivity (Wildman–Crippen MR) is 80.5 cm³/mol. The van der Waals surface area contributed by atoms with E-state index in [1.807, 2.05) is 18.2 Å². The summed E-state index contributed by atoms with van der Waals surface area (Å²) in [6, 6.07) is 8.17. The fourth-order valence-corrected chi connectivity index (χ4v) is 2.22. The van der Waals surface area contributed by atoms with Crippen LogP contribution < -0.4 is 5.73 Å². The van der Waals surface area contributed by atoms with Crippen LogP contribution in [-0.4, -0.2) is 12.1 Å². The zero-order valence-electron chi connectivity index (χ0n) is 11.7. The second-order valence-electron chi connectivity index (χ2n) is 5.10. The number of ether oxygens (including phenoxy) is 1. The summed E-state index contributed by atoms with van der Waals surface area (Å²) in [4.78, 5) is 0. The molecule has 0 saturated heterocycles. The van der Waals surface area contributed by atoms with Crippen LogP contribution in [0.1, 0.15) is 45.8 Å². The van der Waals surface area contributed by atoms with Crippen molar-refractivity contribution < 1.29 is 4.74 Å². The third-order valence-electron chi connectivity index (χ3n) is 3.37. The fourth-order valence-electron chi connectivity index (χ4n) is 1.71. The van der Waals surface area contributed by atoms with E-state index in [1.54, 1.807) is 0 Å². The summed E-state index contributed by atoms with van der Waals surface area (Å²) < 4.78 is 7.24. The van der Waals surface area contributed by atoms with Crippen molar-refractivity contribution in [3.8, 4) is 0 Å². The van der Waals surface area contributed by atoms with Crippen molar-refractivity contribution >= 4 is 15.9 Å². The van der Waals surface area contributed by atoms with E-state index in [9.17, 15) is 0 Å². The Labute approximate surface area is 119 Å². The van der Waals surface area contributed by atoms with Gasteiger partial charge >= 0.3 is 0 Å². The highest BCUT2D eigenvalue weighted by atomic mass is 79.9. The van der Waals surface area contributed by atoms with Gasteiger partial charge in [-0.2, -0.15) is 0 Å². The van der Waals surface area contributed by atoms with E-state index in [0.717, 1.165) is 16.5 Å². The molecule has 0 radical (unpaired) electrons. The van der Waals surface area contributed by atoms with Crippen molar-refractivity contribution in [2.45, 2.75) is 52.4 Å². The molecule has 1 aromatic carbocycles. The van der Waals surface area contributed by atoms with Crippen LogP contribution in [-0.2, 0) is 4.74 Å². The second-order valence-corrected chi connectivity index (χ2v) is 5.95. The molecule has 2 nitrogen and oxygen atoms in total. The third kappa shape index (κ3) is 4.08. The fraction of sp³-hybridized carbons (Fsp3) is 0.600. The van der Waals surface area contributed by atoms with Gasteiger partial charge in [0.25, 0.3) is 0 Å². The first kappa shape index (κ1) is 15.7. The molecule has 0 aliphatic carbocycles. The zero-order chi connectivity index (χ0) is 13.7. The lowest BCUT2D eigenvalue weighted by Gasteiger charge is -2.29.